The number of carbonyl (C=O) groups is 2. The number of hydrogen-bond donors (Lipinski definition) is 0. The van der Waals surface area contributed by atoms with E-state index in [1.54, 1.807) is 36.4 Å². The van der Waals surface area contributed by atoms with Crippen molar-refractivity contribution >= 4 is 11.9 Å². The van der Waals surface area contributed by atoms with Gasteiger partial charge in [-0.15, -0.1) is 0 Å². The van der Waals surface area contributed by atoms with Crippen LogP contribution in [0.1, 0.15) is 33.6 Å². The summed E-state index contributed by atoms with van der Waals surface area (Å²) >= 11 is -4.26. The van der Waals surface area contributed by atoms with E-state index < -0.39 is 33.1 Å². The van der Waals surface area contributed by atoms with E-state index >= 15 is 0 Å². The van der Waals surface area contributed by atoms with Gasteiger partial charge in [0.1, 0.15) is 0 Å². The van der Waals surface area contributed by atoms with Gasteiger partial charge in [-0.05, 0) is 0 Å². The van der Waals surface area contributed by atoms with Gasteiger partial charge in [0.25, 0.3) is 0 Å². The van der Waals surface area contributed by atoms with Gasteiger partial charge in [0.05, 0.1) is 0 Å². The Morgan fingerprint density at radius 2 is 1.18 bits per heavy atom. The predicted octanol–water partition coefficient (Wildman–Crippen LogP) is 5.39. The van der Waals surface area contributed by atoms with Gasteiger partial charge in [-0.1, -0.05) is 0 Å². The maximum absolute atomic E-state index is 12.1. The molecule has 4 rings (SSSR count). The summed E-state index contributed by atoms with van der Waals surface area (Å²) in [4.78, 5) is 24.2. The second kappa shape index (κ2) is 10.2. The van der Waals surface area contributed by atoms with Crippen molar-refractivity contribution in [2.75, 3.05) is 14.2 Å². The Kier molecular flexibility index (Phi) is 7.09. The minimum atomic E-state index is -4.26. The molecule has 2 aliphatic rings. The van der Waals surface area contributed by atoms with E-state index in [1.807, 2.05) is 24.3 Å². The molecule has 168 valence electrons. The fourth-order valence-corrected chi connectivity index (χ4v) is 11.9. The third kappa shape index (κ3) is 4.94. The van der Waals surface area contributed by atoms with Gasteiger partial charge in [-0.2, -0.15) is 0 Å². The van der Waals surface area contributed by atoms with Crippen LogP contribution >= 0.6 is 0 Å². The molecule has 0 radical (unpaired) electrons. The number of hydrogen-bond acceptors (Lipinski definition) is 6. The molecule has 2 aromatic rings. The molecule has 0 heterocycles. The van der Waals surface area contributed by atoms with Crippen LogP contribution in [0.2, 0.25) is 0 Å². The molecule has 0 saturated carbocycles. The van der Waals surface area contributed by atoms with Gasteiger partial charge in [0.15, 0.2) is 0 Å². The topological polar surface area (TPSA) is 71.1 Å². The Balaban J connectivity index is 1.79. The van der Waals surface area contributed by atoms with Gasteiger partial charge in [-0.25, -0.2) is 0 Å². The Morgan fingerprint density at radius 1 is 0.727 bits per heavy atom. The van der Waals surface area contributed by atoms with E-state index in [-0.39, 0.29) is 0 Å². The normalized spacial score (nSPS) is 14.5. The zero-order valence-electron chi connectivity index (χ0n) is 18.4. The molecule has 33 heavy (non-hydrogen) atoms. The summed E-state index contributed by atoms with van der Waals surface area (Å²) in [6, 6.07) is 13.9. The van der Waals surface area contributed by atoms with E-state index in [9.17, 15) is 9.59 Å². The number of rotatable bonds is 8. The molecule has 0 amide bonds. The van der Waals surface area contributed by atoms with E-state index in [0.29, 0.717) is 22.6 Å². The van der Waals surface area contributed by atoms with Crippen LogP contribution in [-0.2, 0) is 30.6 Å². The molecule has 0 saturated heterocycles. The van der Waals surface area contributed by atoms with Crippen LogP contribution in [-0.4, -0.2) is 26.2 Å². The number of methoxy groups -OCH3 is 2. The summed E-state index contributed by atoms with van der Waals surface area (Å²) in [6.45, 7) is 0. The summed E-state index contributed by atoms with van der Waals surface area (Å²) in [5.41, 5.74) is 0.805. The molecule has 0 bridgehead atoms. The predicted molar refractivity (Wildman–Crippen MR) is 120 cm³/mol. The Morgan fingerprint density at radius 3 is 1.55 bits per heavy atom. The molecule has 0 aliphatic heterocycles. The monoisotopic (exact) mass is 522 g/mol. The van der Waals surface area contributed by atoms with Gasteiger partial charge in [0.2, 0.25) is 0 Å². The zero-order chi connectivity index (χ0) is 23.3. The first-order valence-corrected chi connectivity index (χ1v) is 15.0. The zero-order valence-corrected chi connectivity index (χ0v) is 20.9. The van der Waals surface area contributed by atoms with Crippen molar-refractivity contribution in [2.24, 2.45) is 0 Å². The van der Waals surface area contributed by atoms with E-state index in [1.165, 1.54) is 14.2 Å². The molecule has 0 fully saturated rings. The van der Waals surface area contributed by atoms with Crippen LogP contribution in [0.3, 0.4) is 0 Å². The average molecular weight is 524 g/mol. The Hall–Kier alpha value is -3.18. The first kappa shape index (κ1) is 23.0. The number of allylic oxidation sites excluding steroid dienone is 8. The van der Waals surface area contributed by atoms with Crippen molar-refractivity contribution in [1.29, 1.82) is 0 Å². The van der Waals surface area contributed by atoms with Crippen molar-refractivity contribution in [3.05, 3.63) is 103 Å². The van der Waals surface area contributed by atoms with Gasteiger partial charge >= 0.3 is 199 Å². The number of benzene rings is 2. The number of carbonyl (C=O) groups excluding carboxylic acids is 2. The minimum absolute atomic E-state index is 0.403. The van der Waals surface area contributed by atoms with Crippen molar-refractivity contribution in [1.82, 2.24) is 0 Å². The molecule has 0 spiro atoms. The number of esters is 2. The molecule has 2 aliphatic carbocycles. The Labute approximate surface area is 198 Å². The number of ether oxygens (including phenoxy) is 2. The van der Waals surface area contributed by atoms with Crippen LogP contribution in [0, 0.1) is 0 Å². The van der Waals surface area contributed by atoms with Crippen LogP contribution < -0.4 is 5.63 Å². The SMILES string of the molecule is COC(=O)c1cccc([O][Zr]([O]c2cccc(C(=O)OC)c2)([C]2=CC=CC2)[C]2=CC=CC2)c1. The van der Waals surface area contributed by atoms with Crippen LogP contribution in [0.25, 0.3) is 0 Å². The summed E-state index contributed by atoms with van der Waals surface area (Å²) in [5, 5.41) is 0. The quantitative estimate of drug-likeness (QED) is 0.432. The average Bonchev–Trinajstić information content (AvgIpc) is 3.58. The molecule has 6 nitrogen and oxygen atoms in total. The van der Waals surface area contributed by atoms with Gasteiger partial charge in [0, 0.05) is 0 Å². The molecule has 0 unspecified atom stereocenters. The van der Waals surface area contributed by atoms with Crippen molar-refractivity contribution in [2.45, 2.75) is 12.8 Å². The molecule has 2 aromatic carbocycles. The van der Waals surface area contributed by atoms with Crippen LogP contribution in [0.5, 0.6) is 11.5 Å². The van der Waals surface area contributed by atoms with Crippen molar-refractivity contribution in [3.8, 4) is 11.5 Å². The summed E-state index contributed by atoms with van der Waals surface area (Å²) in [7, 11) is 2.70. The molecular formula is C26H24O6Zr. The van der Waals surface area contributed by atoms with Crippen molar-refractivity contribution < 1.29 is 45.8 Å². The Bertz CT molecular complexity index is 1100. The maximum atomic E-state index is 12.1. The second-order valence-corrected chi connectivity index (χ2v) is 14.7. The second-order valence-electron chi connectivity index (χ2n) is 7.51. The molecule has 7 heteroatoms. The summed E-state index contributed by atoms with van der Waals surface area (Å²) in [5.74, 6) is 0.213. The van der Waals surface area contributed by atoms with Crippen LogP contribution in [0.15, 0.2) is 91.5 Å². The van der Waals surface area contributed by atoms with E-state index in [2.05, 4.69) is 24.3 Å². The fraction of sp³-hybridized carbons (Fsp3) is 0.154. The first-order chi connectivity index (χ1) is 16.1. The summed E-state index contributed by atoms with van der Waals surface area (Å²) in [6.07, 6.45) is 13.7. The van der Waals surface area contributed by atoms with E-state index in [0.717, 1.165) is 19.4 Å². The van der Waals surface area contributed by atoms with Gasteiger partial charge in [-0.3, -0.25) is 0 Å². The third-order valence-electron chi connectivity index (χ3n) is 5.42. The standard InChI is InChI=1S/2C8H8O3.2C5H5.Zr/c2*1-11-8(10)6-3-2-4-7(9)5-6;2*1-2-4-5-3-1;/h2*2-5,9H,1H3;2*1-3H,4H2;/q;;;;+2/p-2. The van der Waals surface area contributed by atoms with Crippen molar-refractivity contribution in [3.63, 3.8) is 0 Å². The third-order valence-corrected chi connectivity index (χ3v) is 14.0. The molecule has 0 N–H and O–H groups in total. The summed E-state index contributed by atoms with van der Waals surface area (Å²) < 4.78 is 25.5. The molecular weight excluding hydrogens is 500 g/mol. The molecule has 0 atom stereocenters. The van der Waals surface area contributed by atoms with Gasteiger partial charge < -0.3 is 0 Å². The molecule has 0 aromatic heterocycles. The van der Waals surface area contributed by atoms with E-state index in [4.69, 9.17) is 15.1 Å². The fourth-order valence-electron chi connectivity index (χ4n) is 3.81. The van der Waals surface area contributed by atoms with Crippen LogP contribution in [0.4, 0.5) is 0 Å². The first-order valence-electron chi connectivity index (χ1n) is 10.5.